The summed E-state index contributed by atoms with van der Waals surface area (Å²) in [6.07, 6.45) is 3.89. The van der Waals surface area contributed by atoms with E-state index < -0.39 is 0 Å². The maximum atomic E-state index is 4.54. The van der Waals surface area contributed by atoms with Crippen molar-refractivity contribution in [3.63, 3.8) is 0 Å². The zero-order valence-electron chi connectivity index (χ0n) is 20.6. The van der Waals surface area contributed by atoms with Crippen LogP contribution in [0.25, 0.3) is 66.1 Å². The highest BCUT2D eigenvalue weighted by molar-refractivity contribution is 6.22. The molecule has 3 nitrogen and oxygen atoms in total. The lowest BCUT2D eigenvalue weighted by Gasteiger charge is -2.10. The molecule has 0 fully saturated rings. The fourth-order valence-electron chi connectivity index (χ4n) is 6.09. The molecular weight excluding hydrogens is 462 g/mol. The number of rotatable bonds is 3. The van der Waals surface area contributed by atoms with E-state index in [1.807, 2.05) is 12.4 Å². The van der Waals surface area contributed by atoms with Gasteiger partial charge in [0, 0.05) is 45.3 Å². The van der Waals surface area contributed by atoms with E-state index in [2.05, 4.69) is 142 Å². The number of benzene rings is 5. The molecule has 0 saturated heterocycles. The number of fused-ring (bicyclic) bond motifs is 6. The van der Waals surface area contributed by atoms with Gasteiger partial charge in [-0.25, -0.2) is 0 Å². The highest BCUT2D eigenvalue weighted by Gasteiger charge is 2.20. The quantitative estimate of drug-likeness (QED) is 0.245. The molecule has 38 heavy (non-hydrogen) atoms. The van der Waals surface area contributed by atoms with Gasteiger partial charge in [0.2, 0.25) is 0 Å². The van der Waals surface area contributed by atoms with E-state index in [0.29, 0.717) is 0 Å². The van der Waals surface area contributed by atoms with Crippen LogP contribution in [0.5, 0.6) is 0 Å². The molecule has 0 radical (unpaired) electrons. The average molecular weight is 486 g/mol. The Morgan fingerprint density at radius 1 is 0.395 bits per heavy atom. The molecule has 0 amide bonds. The van der Waals surface area contributed by atoms with E-state index in [-0.39, 0.29) is 0 Å². The molecule has 3 aromatic heterocycles. The number of hydrogen-bond donors (Lipinski definition) is 0. The monoisotopic (exact) mass is 485 g/mol. The van der Waals surface area contributed by atoms with Crippen molar-refractivity contribution in [3.05, 3.63) is 140 Å². The van der Waals surface area contributed by atoms with Gasteiger partial charge in [0.1, 0.15) is 0 Å². The standard InChI is InChI=1S/C35H23N3/c1-3-11-24(12-4-1)37-30-18-8-7-15-28(30)34-26(16-9-19-32(34)37)27-17-10-20-33-35(27)29-23-36-22-21-31(29)38(33)25-13-5-2-6-14-25/h1-23H. The van der Waals surface area contributed by atoms with Crippen LogP contribution in [0.2, 0.25) is 0 Å². The predicted molar refractivity (Wildman–Crippen MR) is 158 cm³/mol. The highest BCUT2D eigenvalue weighted by atomic mass is 15.0. The van der Waals surface area contributed by atoms with Crippen molar-refractivity contribution in [1.29, 1.82) is 0 Å². The van der Waals surface area contributed by atoms with E-state index in [9.17, 15) is 0 Å². The maximum Gasteiger partial charge on any atom is 0.0572 e. The molecule has 0 unspecified atom stereocenters. The number of hydrogen-bond acceptors (Lipinski definition) is 1. The Hall–Kier alpha value is -5.15. The Balaban J connectivity index is 1.52. The van der Waals surface area contributed by atoms with Gasteiger partial charge in [-0.3, -0.25) is 4.98 Å². The van der Waals surface area contributed by atoms with E-state index in [1.165, 1.54) is 49.5 Å². The van der Waals surface area contributed by atoms with Crippen molar-refractivity contribution in [2.45, 2.75) is 0 Å². The fourth-order valence-corrected chi connectivity index (χ4v) is 6.09. The summed E-state index contributed by atoms with van der Waals surface area (Å²) in [6, 6.07) is 45.4. The zero-order chi connectivity index (χ0) is 25.1. The summed E-state index contributed by atoms with van der Waals surface area (Å²) in [5.74, 6) is 0. The lowest BCUT2D eigenvalue weighted by molar-refractivity contribution is 1.17. The van der Waals surface area contributed by atoms with E-state index in [4.69, 9.17) is 0 Å². The molecule has 0 aliphatic heterocycles. The molecule has 8 rings (SSSR count). The Morgan fingerprint density at radius 3 is 1.53 bits per heavy atom. The van der Waals surface area contributed by atoms with Crippen LogP contribution in [0, 0.1) is 0 Å². The molecule has 0 saturated carbocycles. The third-order valence-electron chi connectivity index (χ3n) is 7.61. The van der Waals surface area contributed by atoms with Crippen molar-refractivity contribution in [1.82, 2.24) is 14.1 Å². The number of pyridine rings is 1. The van der Waals surface area contributed by atoms with Crippen LogP contribution < -0.4 is 0 Å². The molecule has 0 aliphatic carbocycles. The average Bonchev–Trinajstić information content (AvgIpc) is 3.51. The van der Waals surface area contributed by atoms with Crippen LogP contribution in [0.1, 0.15) is 0 Å². The topological polar surface area (TPSA) is 22.8 Å². The van der Waals surface area contributed by atoms with Crippen LogP contribution in [0.15, 0.2) is 140 Å². The van der Waals surface area contributed by atoms with E-state index in [1.54, 1.807) is 0 Å². The third kappa shape index (κ3) is 2.93. The van der Waals surface area contributed by atoms with Gasteiger partial charge in [0.15, 0.2) is 0 Å². The van der Waals surface area contributed by atoms with Crippen molar-refractivity contribution in [2.75, 3.05) is 0 Å². The summed E-state index contributed by atoms with van der Waals surface area (Å²) < 4.78 is 4.73. The Labute approximate surface area is 219 Å². The molecule has 0 spiro atoms. The van der Waals surface area contributed by atoms with Gasteiger partial charge in [0.05, 0.1) is 22.1 Å². The van der Waals surface area contributed by atoms with Crippen LogP contribution in [0.4, 0.5) is 0 Å². The molecule has 3 heterocycles. The van der Waals surface area contributed by atoms with Gasteiger partial charge in [-0.2, -0.15) is 0 Å². The van der Waals surface area contributed by atoms with Crippen LogP contribution in [-0.2, 0) is 0 Å². The normalized spacial score (nSPS) is 11.7. The van der Waals surface area contributed by atoms with Crippen molar-refractivity contribution in [3.8, 4) is 22.5 Å². The Bertz CT molecular complexity index is 1960. The van der Waals surface area contributed by atoms with Crippen LogP contribution in [0.3, 0.4) is 0 Å². The second kappa shape index (κ2) is 8.19. The van der Waals surface area contributed by atoms with Crippen LogP contribution >= 0.6 is 0 Å². The van der Waals surface area contributed by atoms with Crippen molar-refractivity contribution >= 4 is 43.6 Å². The minimum atomic E-state index is 1.15. The van der Waals surface area contributed by atoms with Crippen molar-refractivity contribution in [2.24, 2.45) is 0 Å². The molecular formula is C35H23N3. The smallest absolute Gasteiger partial charge is 0.0572 e. The lowest BCUT2D eigenvalue weighted by Crippen LogP contribution is -1.93. The highest BCUT2D eigenvalue weighted by Crippen LogP contribution is 2.43. The molecule has 3 heteroatoms. The molecule has 0 aliphatic rings. The number of para-hydroxylation sites is 3. The molecule has 0 bridgehead atoms. The largest absolute Gasteiger partial charge is 0.309 e. The lowest BCUT2D eigenvalue weighted by atomic mass is 9.95. The van der Waals surface area contributed by atoms with E-state index >= 15 is 0 Å². The first-order valence-electron chi connectivity index (χ1n) is 12.9. The van der Waals surface area contributed by atoms with Gasteiger partial charge in [0.25, 0.3) is 0 Å². The minimum absolute atomic E-state index is 1.15. The predicted octanol–water partition coefficient (Wildman–Crippen LogP) is 8.94. The van der Waals surface area contributed by atoms with Gasteiger partial charge in [-0.15, -0.1) is 0 Å². The molecule has 178 valence electrons. The summed E-state index contributed by atoms with van der Waals surface area (Å²) in [7, 11) is 0. The summed E-state index contributed by atoms with van der Waals surface area (Å²) >= 11 is 0. The van der Waals surface area contributed by atoms with Gasteiger partial charge in [-0.1, -0.05) is 78.9 Å². The second-order valence-electron chi connectivity index (χ2n) is 9.65. The zero-order valence-corrected chi connectivity index (χ0v) is 20.6. The molecule has 0 atom stereocenters. The fraction of sp³-hybridized carbons (Fsp3) is 0. The summed E-state index contributed by atoms with van der Waals surface area (Å²) in [5.41, 5.74) is 9.52. The summed E-state index contributed by atoms with van der Waals surface area (Å²) in [4.78, 5) is 4.54. The second-order valence-corrected chi connectivity index (χ2v) is 9.65. The van der Waals surface area contributed by atoms with Gasteiger partial charge < -0.3 is 9.13 Å². The van der Waals surface area contributed by atoms with Gasteiger partial charge >= 0.3 is 0 Å². The Morgan fingerprint density at radius 2 is 0.895 bits per heavy atom. The Kier molecular flexibility index (Phi) is 4.52. The number of nitrogens with zero attached hydrogens (tertiary/aromatic N) is 3. The summed E-state index contributed by atoms with van der Waals surface area (Å²) in [6.45, 7) is 0. The van der Waals surface area contributed by atoms with E-state index in [0.717, 1.165) is 16.6 Å². The van der Waals surface area contributed by atoms with Gasteiger partial charge in [-0.05, 0) is 59.7 Å². The first kappa shape index (κ1) is 21.0. The first-order valence-corrected chi connectivity index (χ1v) is 12.9. The number of aromatic nitrogens is 3. The van der Waals surface area contributed by atoms with Crippen molar-refractivity contribution < 1.29 is 0 Å². The third-order valence-corrected chi connectivity index (χ3v) is 7.61. The molecule has 0 N–H and O–H groups in total. The SMILES string of the molecule is c1ccc(-n2c3ccccc3c3c(-c4cccc5c4c4cnccc4n5-c4ccccc4)cccc32)cc1. The molecule has 8 aromatic rings. The van der Waals surface area contributed by atoms with Crippen LogP contribution in [-0.4, -0.2) is 14.1 Å². The summed E-state index contributed by atoms with van der Waals surface area (Å²) in [5, 5.41) is 4.90. The maximum absolute atomic E-state index is 4.54. The first-order chi connectivity index (χ1) is 18.9. The molecule has 5 aromatic carbocycles. The minimum Gasteiger partial charge on any atom is -0.309 e.